The molecule has 0 unspecified atom stereocenters. The van der Waals surface area contributed by atoms with E-state index in [2.05, 4.69) is 19.2 Å². The molecule has 0 bridgehead atoms. The van der Waals surface area contributed by atoms with E-state index in [1.54, 1.807) is 18.4 Å². The average Bonchev–Trinajstić information content (AvgIpc) is 3.03. The molecule has 1 aromatic carbocycles. The standard InChI is InChI=1S/C18H22N2O3/c1-13(2)16-8-4-5-9-17(16)20(14(3)21)12-18(22)19-11-15-7-6-10-23-15/h4-10,13H,11-12H2,1-3H3,(H,19,22). The molecule has 0 saturated carbocycles. The third-order valence-electron chi connectivity index (χ3n) is 3.57. The van der Waals surface area contributed by atoms with E-state index in [1.165, 1.54) is 11.8 Å². The highest BCUT2D eigenvalue weighted by atomic mass is 16.3. The van der Waals surface area contributed by atoms with Gasteiger partial charge < -0.3 is 14.6 Å². The maximum Gasteiger partial charge on any atom is 0.240 e. The number of nitrogens with zero attached hydrogens (tertiary/aromatic N) is 1. The van der Waals surface area contributed by atoms with Gasteiger partial charge in [-0.15, -0.1) is 0 Å². The summed E-state index contributed by atoms with van der Waals surface area (Å²) in [5.74, 6) is 0.552. The van der Waals surface area contributed by atoms with Gasteiger partial charge in [0.15, 0.2) is 0 Å². The van der Waals surface area contributed by atoms with E-state index in [1.807, 2.05) is 24.3 Å². The Bertz CT molecular complexity index is 663. The third-order valence-corrected chi connectivity index (χ3v) is 3.57. The summed E-state index contributed by atoms with van der Waals surface area (Å²) in [7, 11) is 0. The Morgan fingerprint density at radius 1 is 1.17 bits per heavy atom. The number of hydrogen-bond donors (Lipinski definition) is 1. The van der Waals surface area contributed by atoms with Crippen LogP contribution in [0.25, 0.3) is 0 Å². The van der Waals surface area contributed by atoms with E-state index in [0.717, 1.165) is 11.3 Å². The molecular formula is C18H22N2O3. The molecule has 0 radical (unpaired) electrons. The fourth-order valence-corrected chi connectivity index (χ4v) is 2.39. The summed E-state index contributed by atoms with van der Waals surface area (Å²) in [6, 6.07) is 11.2. The zero-order valence-corrected chi connectivity index (χ0v) is 13.7. The van der Waals surface area contributed by atoms with Gasteiger partial charge in [-0.2, -0.15) is 0 Å². The monoisotopic (exact) mass is 314 g/mol. The first kappa shape index (κ1) is 16.8. The number of carbonyl (C=O) groups is 2. The average molecular weight is 314 g/mol. The fraction of sp³-hybridized carbons (Fsp3) is 0.333. The van der Waals surface area contributed by atoms with Crippen LogP contribution in [-0.4, -0.2) is 18.4 Å². The van der Waals surface area contributed by atoms with E-state index in [-0.39, 0.29) is 24.3 Å². The van der Waals surface area contributed by atoms with Gasteiger partial charge in [-0.3, -0.25) is 9.59 Å². The van der Waals surface area contributed by atoms with Crippen LogP contribution in [0.1, 0.15) is 38.0 Å². The van der Waals surface area contributed by atoms with Crippen LogP contribution in [-0.2, 0) is 16.1 Å². The van der Waals surface area contributed by atoms with Crippen molar-refractivity contribution < 1.29 is 14.0 Å². The summed E-state index contributed by atoms with van der Waals surface area (Å²) < 4.78 is 5.18. The first-order valence-corrected chi connectivity index (χ1v) is 7.65. The highest BCUT2D eigenvalue weighted by Crippen LogP contribution is 2.27. The quantitative estimate of drug-likeness (QED) is 0.891. The molecule has 0 fully saturated rings. The Kier molecular flexibility index (Phi) is 5.57. The molecule has 2 aromatic rings. The lowest BCUT2D eigenvalue weighted by molar-refractivity contribution is -0.123. The van der Waals surface area contributed by atoms with Crippen molar-refractivity contribution in [3.8, 4) is 0 Å². The van der Waals surface area contributed by atoms with Crippen molar-refractivity contribution in [2.75, 3.05) is 11.4 Å². The number of benzene rings is 1. The number of carbonyl (C=O) groups excluding carboxylic acids is 2. The van der Waals surface area contributed by atoms with E-state index in [4.69, 9.17) is 4.42 Å². The molecule has 0 spiro atoms. The van der Waals surface area contributed by atoms with Crippen LogP contribution in [0.3, 0.4) is 0 Å². The zero-order chi connectivity index (χ0) is 16.8. The molecule has 0 atom stereocenters. The Hall–Kier alpha value is -2.56. The minimum Gasteiger partial charge on any atom is -0.467 e. The Morgan fingerprint density at radius 3 is 2.52 bits per heavy atom. The number of rotatable bonds is 6. The second kappa shape index (κ2) is 7.63. The van der Waals surface area contributed by atoms with Gasteiger partial charge in [0.25, 0.3) is 0 Å². The Labute approximate surface area is 136 Å². The van der Waals surface area contributed by atoms with Crippen molar-refractivity contribution in [2.24, 2.45) is 0 Å². The molecule has 1 aromatic heterocycles. The summed E-state index contributed by atoms with van der Waals surface area (Å²) in [4.78, 5) is 25.7. The lowest BCUT2D eigenvalue weighted by atomic mass is 10.0. The van der Waals surface area contributed by atoms with Gasteiger partial charge in [0.2, 0.25) is 11.8 Å². The number of amides is 2. The number of furan rings is 1. The number of para-hydroxylation sites is 1. The van der Waals surface area contributed by atoms with Crippen molar-refractivity contribution in [3.63, 3.8) is 0 Å². The van der Waals surface area contributed by atoms with Crippen LogP contribution in [0.4, 0.5) is 5.69 Å². The van der Waals surface area contributed by atoms with Crippen molar-refractivity contribution >= 4 is 17.5 Å². The van der Waals surface area contributed by atoms with Gasteiger partial charge in [0.05, 0.1) is 12.8 Å². The molecule has 0 saturated heterocycles. The lowest BCUT2D eigenvalue weighted by Gasteiger charge is -2.24. The minimum absolute atomic E-state index is 0.0141. The van der Waals surface area contributed by atoms with Crippen LogP contribution >= 0.6 is 0 Å². The Balaban J connectivity index is 2.10. The van der Waals surface area contributed by atoms with Gasteiger partial charge in [-0.1, -0.05) is 32.0 Å². The number of anilines is 1. The summed E-state index contributed by atoms with van der Waals surface area (Å²) >= 11 is 0. The summed E-state index contributed by atoms with van der Waals surface area (Å²) in [6.45, 7) is 5.89. The summed E-state index contributed by atoms with van der Waals surface area (Å²) in [5, 5.41) is 2.76. The van der Waals surface area contributed by atoms with E-state index >= 15 is 0 Å². The van der Waals surface area contributed by atoms with Crippen molar-refractivity contribution in [3.05, 3.63) is 54.0 Å². The van der Waals surface area contributed by atoms with Crippen molar-refractivity contribution in [1.82, 2.24) is 5.32 Å². The topological polar surface area (TPSA) is 62.6 Å². The van der Waals surface area contributed by atoms with Gasteiger partial charge >= 0.3 is 0 Å². The fourth-order valence-electron chi connectivity index (χ4n) is 2.39. The maximum atomic E-state index is 12.2. The predicted molar refractivity (Wildman–Crippen MR) is 89.1 cm³/mol. The zero-order valence-electron chi connectivity index (χ0n) is 13.7. The lowest BCUT2D eigenvalue weighted by Crippen LogP contribution is -2.40. The van der Waals surface area contributed by atoms with Crippen LogP contribution in [0.5, 0.6) is 0 Å². The van der Waals surface area contributed by atoms with E-state index < -0.39 is 0 Å². The van der Waals surface area contributed by atoms with Crippen LogP contribution in [0.2, 0.25) is 0 Å². The van der Waals surface area contributed by atoms with Gasteiger partial charge in [0.1, 0.15) is 12.3 Å². The van der Waals surface area contributed by atoms with Crippen LogP contribution < -0.4 is 10.2 Å². The predicted octanol–water partition coefficient (Wildman–Crippen LogP) is 3.07. The maximum absolute atomic E-state index is 12.2. The number of nitrogens with one attached hydrogen (secondary N) is 1. The van der Waals surface area contributed by atoms with Gasteiger partial charge in [0, 0.05) is 12.6 Å². The van der Waals surface area contributed by atoms with Crippen molar-refractivity contribution in [2.45, 2.75) is 33.2 Å². The molecule has 0 aliphatic carbocycles. The largest absolute Gasteiger partial charge is 0.467 e. The van der Waals surface area contributed by atoms with Crippen LogP contribution in [0.15, 0.2) is 47.1 Å². The van der Waals surface area contributed by atoms with Crippen LogP contribution in [0, 0.1) is 0 Å². The Morgan fingerprint density at radius 2 is 1.91 bits per heavy atom. The number of hydrogen-bond acceptors (Lipinski definition) is 3. The molecule has 2 rings (SSSR count). The third kappa shape index (κ3) is 4.45. The molecule has 5 heteroatoms. The second-order valence-corrected chi connectivity index (χ2v) is 5.67. The normalized spacial score (nSPS) is 10.6. The van der Waals surface area contributed by atoms with Crippen molar-refractivity contribution in [1.29, 1.82) is 0 Å². The molecule has 1 N–H and O–H groups in total. The SMILES string of the molecule is CC(=O)N(CC(=O)NCc1ccco1)c1ccccc1C(C)C. The molecule has 122 valence electrons. The second-order valence-electron chi connectivity index (χ2n) is 5.67. The molecule has 2 amide bonds. The first-order valence-electron chi connectivity index (χ1n) is 7.65. The molecule has 0 aliphatic heterocycles. The summed E-state index contributed by atoms with van der Waals surface area (Å²) in [5.41, 5.74) is 1.82. The molecule has 5 nitrogen and oxygen atoms in total. The minimum atomic E-state index is -0.227. The van der Waals surface area contributed by atoms with E-state index in [0.29, 0.717) is 12.3 Å². The van der Waals surface area contributed by atoms with Gasteiger partial charge in [-0.05, 0) is 29.7 Å². The smallest absolute Gasteiger partial charge is 0.240 e. The summed E-state index contributed by atoms with van der Waals surface area (Å²) in [6.07, 6.45) is 1.56. The molecular weight excluding hydrogens is 292 g/mol. The molecule has 1 heterocycles. The highest BCUT2D eigenvalue weighted by Gasteiger charge is 2.19. The molecule has 0 aliphatic rings. The highest BCUT2D eigenvalue weighted by molar-refractivity contribution is 5.98. The molecule has 23 heavy (non-hydrogen) atoms. The first-order chi connectivity index (χ1) is 11.0. The van der Waals surface area contributed by atoms with E-state index in [9.17, 15) is 9.59 Å². The van der Waals surface area contributed by atoms with Gasteiger partial charge in [-0.25, -0.2) is 0 Å².